The molecule has 1 atom stereocenters. The minimum absolute atomic E-state index is 0.0774. The van der Waals surface area contributed by atoms with Crippen molar-refractivity contribution in [3.05, 3.63) is 33.9 Å². The summed E-state index contributed by atoms with van der Waals surface area (Å²) in [6, 6.07) is 4.45. The molecule has 0 radical (unpaired) electrons. The third-order valence-electron chi connectivity index (χ3n) is 2.15. The number of para-hydroxylation sites is 1. The van der Waals surface area contributed by atoms with Crippen LogP contribution in [-0.4, -0.2) is 4.92 Å². The number of nitro benzene ring substituents is 1. The monoisotopic (exact) mass is 195 g/mol. The van der Waals surface area contributed by atoms with Gasteiger partial charge in [-0.3, -0.25) is 10.1 Å². The average Bonchev–Trinajstić information content (AvgIpc) is 2.16. The van der Waals surface area contributed by atoms with Gasteiger partial charge in [-0.2, -0.15) is 0 Å². The van der Waals surface area contributed by atoms with E-state index in [9.17, 15) is 10.1 Å². The molecule has 0 spiro atoms. The maximum Gasteiger partial charge on any atom is 0.292 e. The Bertz CT molecular complexity index is 352. The third-order valence-corrected chi connectivity index (χ3v) is 2.15. The molecule has 76 valence electrons. The highest BCUT2D eigenvalue weighted by Gasteiger charge is 2.16. The van der Waals surface area contributed by atoms with Crippen molar-refractivity contribution < 1.29 is 4.92 Å². The molecule has 1 rings (SSSR count). The zero-order valence-corrected chi connectivity index (χ0v) is 7.93. The molecular weight excluding hydrogens is 182 g/mol. The van der Waals surface area contributed by atoms with Crippen molar-refractivity contribution in [2.45, 2.75) is 19.4 Å². The lowest BCUT2D eigenvalue weighted by Gasteiger charge is -2.11. The SMILES string of the molecule is CC[C@@H](N)c1cccc([N+](=O)[O-])c1N. The molecule has 0 amide bonds. The second-order valence-electron chi connectivity index (χ2n) is 3.05. The van der Waals surface area contributed by atoms with E-state index >= 15 is 0 Å². The topological polar surface area (TPSA) is 95.2 Å². The van der Waals surface area contributed by atoms with Gasteiger partial charge in [0.2, 0.25) is 0 Å². The molecule has 5 heteroatoms. The normalized spacial score (nSPS) is 12.4. The summed E-state index contributed by atoms with van der Waals surface area (Å²) in [5, 5.41) is 10.6. The van der Waals surface area contributed by atoms with Gasteiger partial charge in [-0.1, -0.05) is 19.1 Å². The number of nitrogens with two attached hydrogens (primary N) is 2. The van der Waals surface area contributed by atoms with Gasteiger partial charge in [0.15, 0.2) is 0 Å². The van der Waals surface area contributed by atoms with Crippen LogP contribution in [-0.2, 0) is 0 Å². The number of benzene rings is 1. The number of rotatable bonds is 3. The lowest BCUT2D eigenvalue weighted by Crippen LogP contribution is -2.12. The van der Waals surface area contributed by atoms with E-state index in [0.717, 1.165) is 0 Å². The van der Waals surface area contributed by atoms with Gasteiger partial charge in [-0.25, -0.2) is 0 Å². The second kappa shape index (κ2) is 4.06. The molecule has 1 aromatic rings. The quantitative estimate of drug-likeness (QED) is 0.435. The van der Waals surface area contributed by atoms with Crippen molar-refractivity contribution in [3.8, 4) is 0 Å². The largest absolute Gasteiger partial charge is 0.393 e. The Morgan fingerprint density at radius 3 is 2.71 bits per heavy atom. The lowest BCUT2D eigenvalue weighted by molar-refractivity contribution is -0.384. The van der Waals surface area contributed by atoms with Gasteiger partial charge >= 0.3 is 0 Å². The van der Waals surface area contributed by atoms with Crippen LogP contribution in [0, 0.1) is 10.1 Å². The second-order valence-corrected chi connectivity index (χ2v) is 3.05. The van der Waals surface area contributed by atoms with Crippen LogP contribution in [0.2, 0.25) is 0 Å². The average molecular weight is 195 g/mol. The standard InChI is InChI=1S/C9H13N3O2/c1-2-7(10)6-4-3-5-8(9(6)11)12(13)14/h3-5,7H,2,10-11H2,1H3/t7-/m1/s1. The first-order chi connectivity index (χ1) is 6.57. The van der Waals surface area contributed by atoms with Crippen LogP contribution in [0.1, 0.15) is 24.9 Å². The highest BCUT2D eigenvalue weighted by Crippen LogP contribution is 2.29. The van der Waals surface area contributed by atoms with Gasteiger partial charge in [0.1, 0.15) is 5.69 Å². The van der Waals surface area contributed by atoms with Crippen LogP contribution in [0.4, 0.5) is 11.4 Å². The first kappa shape index (κ1) is 10.5. The molecule has 0 bridgehead atoms. The van der Waals surface area contributed by atoms with E-state index < -0.39 is 4.92 Å². The molecule has 4 N–H and O–H groups in total. The highest BCUT2D eigenvalue weighted by molar-refractivity contribution is 5.63. The molecule has 0 saturated heterocycles. The van der Waals surface area contributed by atoms with Crippen molar-refractivity contribution in [2.24, 2.45) is 5.73 Å². The molecule has 14 heavy (non-hydrogen) atoms. The zero-order chi connectivity index (χ0) is 10.7. The number of nitro groups is 1. The van der Waals surface area contributed by atoms with E-state index in [0.29, 0.717) is 12.0 Å². The van der Waals surface area contributed by atoms with Gasteiger partial charge in [0, 0.05) is 12.1 Å². The Morgan fingerprint density at radius 1 is 1.57 bits per heavy atom. The number of anilines is 1. The molecule has 0 aromatic heterocycles. The van der Waals surface area contributed by atoms with E-state index in [1.54, 1.807) is 12.1 Å². The van der Waals surface area contributed by atoms with Gasteiger partial charge < -0.3 is 11.5 Å². The Hall–Kier alpha value is -1.62. The molecule has 1 aromatic carbocycles. The van der Waals surface area contributed by atoms with Crippen LogP contribution in [0.15, 0.2) is 18.2 Å². The smallest absolute Gasteiger partial charge is 0.292 e. The predicted molar refractivity (Wildman–Crippen MR) is 54.7 cm³/mol. The summed E-state index contributed by atoms with van der Waals surface area (Å²) in [4.78, 5) is 10.1. The first-order valence-corrected chi connectivity index (χ1v) is 4.36. The van der Waals surface area contributed by atoms with Gasteiger partial charge in [0.25, 0.3) is 5.69 Å². The summed E-state index contributed by atoms with van der Waals surface area (Å²) < 4.78 is 0. The number of nitrogen functional groups attached to an aromatic ring is 1. The maximum absolute atomic E-state index is 10.6. The molecule has 0 aliphatic carbocycles. The van der Waals surface area contributed by atoms with Gasteiger partial charge in [-0.05, 0) is 12.0 Å². The molecule has 0 aliphatic heterocycles. The van der Waals surface area contributed by atoms with Crippen LogP contribution in [0.5, 0.6) is 0 Å². The maximum atomic E-state index is 10.6. The predicted octanol–water partition coefficient (Wildman–Crippen LogP) is 1.59. The van der Waals surface area contributed by atoms with E-state index in [1.807, 2.05) is 6.92 Å². The summed E-state index contributed by atoms with van der Waals surface area (Å²) >= 11 is 0. The van der Waals surface area contributed by atoms with E-state index in [1.165, 1.54) is 6.07 Å². The highest BCUT2D eigenvalue weighted by atomic mass is 16.6. The summed E-state index contributed by atoms with van der Waals surface area (Å²) in [7, 11) is 0. The van der Waals surface area contributed by atoms with Crippen molar-refractivity contribution in [1.82, 2.24) is 0 Å². The van der Waals surface area contributed by atoms with Crippen LogP contribution in [0.3, 0.4) is 0 Å². The molecule has 0 heterocycles. The van der Waals surface area contributed by atoms with Crippen molar-refractivity contribution in [3.63, 3.8) is 0 Å². The van der Waals surface area contributed by atoms with Crippen LogP contribution >= 0.6 is 0 Å². The fraction of sp³-hybridized carbons (Fsp3) is 0.333. The molecule has 0 unspecified atom stereocenters. The summed E-state index contributed by atoms with van der Waals surface area (Å²) in [5.41, 5.74) is 12.1. The Balaban J connectivity index is 3.20. The third kappa shape index (κ3) is 1.82. The minimum atomic E-state index is -0.499. The Kier molecular flexibility index (Phi) is 3.03. The van der Waals surface area contributed by atoms with Crippen molar-refractivity contribution in [2.75, 3.05) is 5.73 Å². The fourth-order valence-corrected chi connectivity index (χ4v) is 1.27. The first-order valence-electron chi connectivity index (χ1n) is 4.36. The molecule has 0 saturated carbocycles. The van der Waals surface area contributed by atoms with E-state index in [-0.39, 0.29) is 17.4 Å². The summed E-state index contributed by atoms with van der Waals surface area (Å²) in [6.45, 7) is 1.91. The molecule has 0 aliphatic rings. The summed E-state index contributed by atoms with van der Waals surface area (Å²) in [5.74, 6) is 0. The van der Waals surface area contributed by atoms with E-state index in [2.05, 4.69) is 0 Å². The Morgan fingerprint density at radius 2 is 2.21 bits per heavy atom. The van der Waals surface area contributed by atoms with Crippen molar-refractivity contribution in [1.29, 1.82) is 0 Å². The van der Waals surface area contributed by atoms with E-state index in [4.69, 9.17) is 11.5 Å². The zero-order valence-electron chi connectivity index (χ0n) is 7.93. The molecular formula is C9H13N3O2. The molecule has 0 fully saturated rings. The Labute approximate surface area is 81.9 Å². The number of nitrogens with zero attached hydrogens (tertiary/aromatic N) is 1. The van der Waals surface area contributed by atoms with Crippen molar-refractivity contribution >= 4 is 11.4 Å². The number of hydrogen-bond donors (Lipinski definition) is 2. The van der Waals surface area contributed by atoms with Crippen LogP contribution < -0.4 is 11.5 Å². The lowest BCUT2D eigenvalue weighted by atomic mass is 10.0. The molecule has 5 nitrogen and oxygen atoms in total. The minimum Gasteiger partial charge on any atom is -0.393 e. The van der Waals surface area contributed by atoms with Gasteiger partial charge in [0.05, 0.1) is 4.92 Å². The fourth-order valence-electron chi connectivity index (χ4n) is 1.27. The summed E-state index contributed by atoms with van der Waals surface area (Å²) in [6.07, 6.45) is 0.700. The number of hydrogen-bond acceptors (Lipinski definition) is 4. The van der Waals surface area contributed by atoms with Gasteiger partial charge in [-0.15, -0.1) is 0 Å². The van der Waals surface area contributed by atoms with Crippen LogP contribution in [0.25, 0.3) is 0 Å².